The Morgan fingerprint density at radius 1 is 1.33 bits per heavy atom. The number of carboxylic acid groups (broad SMARTS) is 1. The molecule has 0 amide bonds. The fourth-order valence-electron chi connectivity index (χ4n) is 1.10. The number of rotatable bonds is 2. The quantitative estimate of drug-likeness (QED) is 0.920. The number of thiazole rings is 1. The Hall–Kier alpha value is -1.20. The maximum absolute atomic E-state index is 10.7. The van der Waals surface area contributed by atoms with Crippen LogP contribution in [0, 0.1) is 0 Å². The van der Waals surface area contributed by atoms with Crippen LogP contribution >= 0.6 is 27.3 Å². The third kappa shape index (κ3) is 2.24. The first kappa shape index (κ1) is 10.3. The van der Waals surface area contributed by atoms with Gasteiger partial charge in [0.1, 0.15) is 9.88 Å². The van der Waals surface area contributed by atoms with Crippen LogP contribution in [-0.2, 0) is 0 Å². The van der Waals surface area contributed by atoms with Gasteiger partial charge in [-0.15, -0.1) is 11.3 Å². The van der Waals surface area contributed by atoms with Crippen LogP contribution in [0.15, 0.2) is 34.9 Å². The predicted molar refractivity (Wildman–Crippen MR) is 62.2 cm³/mol. The Bertz CT molecular complexity index is 492. The van der Waals surface area contributed by atoms with Crippen LogP contribution < -0.4 is 0 Å². The normalized spacial score (nSPS) is 10.2. The molecule has 0 aliphatic carbocycles. The second-order valence-corrected chi connectivity index (χ2v) is 4.79. The molecule has 2 rings (SSSR count). The van der Waals surface area contributed by atoms with Gasteiger partial charge in [0, 0.05) is 10.0 Å². The Morgan fingerprint density at radius 3 is 2.53 bits per heavy atom. The molecule has 1 aromatic heterocycles. The highest BCUT2D eigenvalue weighted by Gasteiger charge is 2.09. The maximum atomic E-state index is 10.7. The first-order chi connectivity index (χ1) is 7.16. The standard InChI is InChI=1S/C10H6BrNO2S/c11-7-3-1-6(2-4-7)9-12-5-8(15-9)10(13)14/h1-5H,(H,13,14). The number of carboxylic acids is 1. The monoisotopic (exact) mass is 283 g/mol. The van der Waals surface area contributed by atoms with Crippen molar-refractivity contribution in [3.05, 3.63) is 39.8 Å². The smallest absolute Gasteiger partial charge is 0.347 e. The van der Waals surface area contributed by atoms with E-state index in [1.165, 1.54) is 17.5 Å². The van der Waals surface area contributed by atoms with Crippen molar-refractivity contribution in [1.82, 2.24) is 4.98 Å². The highest BCUT2D eigenvalue weighted by atomic mass is 79.9. The SMILES string of the molecule is O=C(O)c1cnc(-c2ccc(Br)cc2)s1. The number of nitrogens with zero attached hydrogens (tertiary/aromatic N) is 1. The van der Waals surface area contributed by atoms with E-state index in [2.05, 4.69) is 20.9 Å². The van der Waals surface area contributed by atoms with Crippen molar-refractivity contribution in [2.24, 2.45) is 0 Å². The van der Waals surface area contributed by atoms with E-state index in [0.29, 0.717) is 0 Å². The van der Waals surface area contributed by atoms with Crippen LogP contribution in [-0.4, -0.2) is 16.1 Å². The zero-order chi connectivity index (χ0) is 10.8. The number of benzene rings is 1. The van der Waals surface area contributed by atoms with Gasteiger partial charge in [-0.1, -0.05) is 28.1 Å². The molecule has 0 atom stereocenters. The van der Waals surface area contributed by atoms with Gasteiger partial charge in [0.2, 0.25) is 0 Å². The first-order valence-corrected chi connectivity index (χ1v) is 5.73. The summed E-state index contributed by atoms with van der Waals surface area (Å²) >= 11 is 4.51. The number of aromatic nitrogens is 1. The van der Waals surface area contributed by atoms with E-state index >= 15 is 0 Å². The van der Waals surface area contributed by atoms with Crippen molar-refractivity contribution in [1.29, 1.82) is 0 Å². The molecule has 0 saturated carbocycles. The number of halogens is 1. The Labute approximate surface area is 98.5 Å². The van der Waals surface area contributed by atoms with E-state index in [0.717, 1.165) is 15.0 Å². The van der Waals surface area contributed by atoms with Crippen molar-refractivity contribution in [3.8, 4) is 10.6 Å². The van der Waals surface area contributed by atoms with Gasteiger partial charge in [0.25, 0.3) is 0 Å². The fraction of sp³-hybridized carbons (Fsp3) is 0. The van der Waals surface area contributed by atoms with E-state index in [1.807, 2.05) is 24.3 Å². The van der Waals surface area contributed by atoms with Crippen LogP contribution in [0.3, 0.4) is 0 Å². The Kier molecular flexibility index (Phi) is 2.83. The lowest BCUT2D eigenvalue weighted by Crippen LogP contribution is -1.89. The molecular formula is C10H6BrNO2S. The van der Waals surface area contributed by atoms with Gasteiger partial charge in [0.15, 0.2) is 0 Å². The van der Waals surface area contributed by atoms with Gasteiger partial charge >= 0.3 is 5.97 Å². The summed E-state index contributed by atoms with van der Waals surface area (Å²) in [5.41, 5.74) is 0.927. The molecule has 0 saturated heterocycles. The minimum atomic E-state index is -0.934. The van der Waals surface area contributed by atoms with E-state index in [-0.39, 0.29) is 4.88 Å². The molecule has 0 radical (unpaired) electrons. The molecule has 76 valence electrons. The summed E-state index contributed by atoms with van der Waals surface area (Å²) in [5.74, 6) is -0.934. The average molecular weight is 284 g/mol. The summed E-state index contributed by atoms with van der Waals surface area (Å²) in [4.78, 5) is 15.0. The third-order valence-corrected chi connectivity index (χ3v) is 3.37. The second kappa shape index (κ2) is 4.12. The van der Waals surface area contributed by atoms with E-state index in [9.17, 15) is 4.79 Å². The molecule has 0 aliphatic heterocycles. The molecule has 0 bridgehead atoms. The van der Waals surface area contributed by atoms with Crippen molar-refractivity contribution in [2.75, 3.05) is 0 Å². The molecule has 15 heavy (non-hydrogen) atoms. The minimum absolute atomic E-state index is 0.257. The second-order valence-electron chi connectivity index (χ2n) is 2.84. The van der Waals surface area contributed by atoms with E-state index in [1.54, 1.807) is 0 Å². The van der Waals surface area contributed by atoms with Crippen LogP contribution in [0.25, 0.3) is 10.6 Å². The van der Waals surface area contributed by atoms with Gasteiger partial charge in [0.05, 0.1) is 6.20 Å². The average Bonchev–Trinajstić information content (AvgIpc) is 2.68. The summed E-state index contributed by atoms with van der Waals surface area (Å²) in [6.45, 7) is 0. The van der Waals surface area contributed by atoms with Crippen LogP contribution in [0.5, 0.6) is 0 Å². The van der Waals surface area contributed by atoms with E-state index < -0.39 is 5.97 Å². The van der Waals surface area contributed by atoms with Gasteiger partial charge in [-0.2, -0.15) is 0 Å². The number of aromatic carboxylic acids is 1. The molecule has 0 unspecified atom stereocenters. The molecule has 3 nitrogen and oxygen atoms in total. The van der Waals surface area contributed by atoms with Crippen LogP contribution in [0.1, 0.15) is 9.67 Å². The van der Waals surface area contributed by atoms with Gasteiger partial charge in [-0.3, -0.25) is 0 Å². The topological polar surface area (TPSA) is 50.2 Å². The van der Waals surface area contributed by atoms with E-state index in [4.69, 9.17) is 5.11 Å². The van der Waals surface area contributed by atoms with Crippen molar-refractivity contribution >= 4 is 33.2 Å². The summed E-state index contributed by atoms with van der Waals surface area (Å²) in [6.07, 6.45) is 1.38. The molecule has 0 fully saturated rings. The third-order valence-electron chi connectivity index (χ3n) is 1.81. The molecule has 1 N–H and O–H groups in total. The summed E-state index contributed by atoms with van der Waals surface area (Å²) in [7, 11) is 0. The summed E-state index contributed by atoms with van der Waals surface area (Å²) in [5, 5.41) is 9.47. The predicted octanol–water partition coefficient (Wildman–Crippen LogP) is 3.27. The number of hydrogen-bond donors (Lipinski definition) is 1. The Balaban J connectivity index is 2.37. The largest absolute Gasteiger partial charge is 0.477 e. The maximum Gasteiger partial charge on any atom is 0.347 e. The van der Waals surface area contributed by atoms with Crippen molar-refractivity contribution in [3.63, 3.8) is 0 Å². The molecule has 2 aromatic rings. The van der Waals surface area contributed by atoms with Gasteiger partial charge in [-0.05, 0) is 12.1 Å². The Morgan fingerprint density at radius 2 is 2.00 bits per heavy atom. The van der Waals surface area contributed by atoms with Crippen molar-refractivity contribution in [2.45, 2.75) is 0 Å². The summed E-state index contributed by atoms with van der Waals surface area (Å²) < 4.78 is 0.987. The lowest BCUT2D eigenvalue weighted by molar-refractivity contribution is 0.0702. The van der Waals surface area contributed by atoms with Crippen LogP contribution in [0.2, 0.25) is 0 Å². The summed E-state index contributed by atoms with van der Waals surface area (Å²) in [6, 6.07) is 7.59. The number of carbonyl (C=O) groups is 1. The molecule has 5 heteroatoms. The molecule has 0 spiro atoms. The highest BCUT2D eigenvalue weighted by Crippen LogP contribution is 2.26. The van der Waals surface area contributed by atoms with Gasteiger partial charge < -0.3 is 5.11 Å². The number of hydrogen-bond acceptors (Lipinski definition) is 3. The lowest BCUT2D eigenvalue weighted by Gasteiger charge is -1.95. The highest BCUT2D eigenvalue weighted by molar-refractivity contribution is 9.10. The zero-order valence-corrected chi connectivity index (χ0v) is 9.88. The molecular weight excluding hydrogens is 278 g/mol. The van der Waals surface area contributed by atoms with Crippen molar-refractivity contribution < 1.29 is 9.90 Å². The fourth-order valence-corrected chi connectivity index (χ4v) is 2.12. The first-order valence-electron chi connectivity index (χ1n) is 4.12. The molecule has 1 aromatic carbocycles. The van der Waals surface area contributed by atoms with Gasteiger partial charge in [-0.25, -0.2) is 9.78 Å². The van der Waals surface area contributed by atoms with Crippen LogP contribution in [0.4, 0.5) is 0 Å². The zero-order valence-electron chi connectivity index (χ0n) is 7.48. The molecule has 1 heterocycles. The molecule has 0 aliphatic rings. The lowest BCUT2D eigenvalue weighted by atomic mass is 10.2. The minimum Gasteiger partial charge on any atom is -0.477 e.